The summed E-state index contributed by atoms with van der Waals surface area (Å²) in [5.41, 5.74) is 3.70. The van der Waals surface area contributed by atoms with Gasteiger partial charge in [-0.2, -0.15) is 13.9 Å². The Hall–Kier alpha value is -8.75. The molecular formula is C73H85F3N9O15P. The van der Waals surface area contributed by atoms with Crippen LogP contribution in [0.1, 0.15) is 129 Å². The van der Waals surface area contributed by atoms with Crippen molar-refractivity contribution in [3.63, 3.8) is 0 Å². The zero-order chi connectivity index (χ0) is 72.4. The van der Waals surface area contributed by atoms with Crippen LogP contribution in [-0.2, 0) is 64.4 Å². The maximum absolute atomic E-state index is 16.7. The van der Waals surface area contributed by atoms with E-state index < -0.39 is 105 Å². The number of fused-ring (bicyclic) bond motifs is 6. The number of para-hydroxylation sites is 1. The Balaban J connectivity index is 0.000000227. The van der Waals surface area contributed by atoms with Crippen LogP contribution < -0.4 is 20.2 Å². The van der Waals surface area contributed by atoms with Crippen LogP contribution in [0.5, 0.6) is 5.75 Å². The van der Waals surface area contributed by atoms with Crippen LogP contribution in [0.25, 0.3) is 33.5 Å². The number of nitrogens with zero attached hydrogens (tertiary/aromatic N) is 5. The van der Waals surface area contributed by atoms with Gasteiger partial charge in [0, 0.05) is 47.6 Å². The molecule has 0 radical (unpaired) electrons. The number of methoxy groups -OCH3 is 2. The molecule has 3 aliphatic carbocycles. The second-order valence-corrected chi connectivity index (χ2v) is 30.3. The summed E-state index contributed by atoms with van der Waals surface area (Å²) in [6.07, 6.45) is 3.06. The number of aliphatic hydroxyl groups excluding tert-OH is 1. The molecular weight excluding hydrogens is 1330 g/mol. The van der Waals surface area contributed by atoms with Crippen molar-refractivity contribution in [2.75, 3.05) is 27.4 Å². The normalized spacial score (nSPS) is 25.4. The Morgan fingerprint density at radius 3 is 2.08 bits per heavy atom. The van der Waals surface area contributed by atoms with E-state index in [1.807, 2.05) is 62.9 Å². The fraction of sp³-hybridized carbons (Fsp3) is 0.493. The number of nitrogens with one attached hydrogen (secondary N) is 4. The number of hydrogen-bond donors (Lipinski definition) is 5. The number of ether oxygens (including phenoxy) is 4. The highest BCUT2D eigenvalue weighted by Crippen LogP contribution is 2.59. The van der Waals surface area contributed by atoms with Crippen molar-refractivity contribution in [3.05, 3.63) is 126 Å². The molecule has 12 atom stereocenters. The lowest BCUT2D eigenvalue weighted by Gasteiger charge is -2.38. The van der Waals surface area contributed by atoms with Crippen molar-refractivity contribution in [1.29, 1.82) is 0 Å². The van der Waals surface area contributed by atoms with E-state index in [-0.39, 0.29) is 70.0 Å². The number of carbonyl (C=O) groups is 7. The summed E-state index contributed by atoms with van der Waals surface area (Å²) >= 11 is 0. The fourth-order valence-corrected chi connectivity index (χ4v) is 16.5. The van der Waals surface area contributed by atoms with Crippen LogP contribution in [0.4, 0.5) is 28.4 Å². The topological polar surface area (TPSA) is 299 Å². The number of esters is 1. The number of aliphatic hydroxyl groups is 1. The van der Waals surface area contributed by atoms with E-state index in [0.29, 0.717) is 46.7 Å². The lowest BCUT2D eigenvalue weighted by molar-refractivity contribution is -0.151. The van der Waals surface area contributed by atoms with Gasteiger partial charge in [-0.05, 0) is 160 Å². The maximum Gasteiger partial charge on any atom is 0.459 e. The van der Waals surface area contributed by atoms with Crippen LogP contribution in [0.15, 0.2) is 108 Å². The van der Waals surface area contributed by atoms with Gasteiger partial charge in [0.2, 0.25) is 17.7 Å². The van der Waals surface area contributed by atoms with E-state index in [1.165, 1.54) is 39.3 Å². The largest absolute Gasteiger partial charge is 0.462 e. The highest BCUT2D eigenvalue weighted by molar-refractivity contribution is 7.52. The number of carbonyl (C=O) groups excluding carboxylic acids is 7. The predicted octanol–water partition coefficient (Wildman–Crippen LogP) is 10.9. The number of H-pyrrole nitrogens is 1. The molecule has 5 amide bonds. The van der Waals surface area contributed by atoms with Crippen LogP contribution in [0, 0.1) is 23.2 Å². The van der Waals surface area contributed by atoms with Gasteiger partial charge in [-0.1, -0.05) is 76.2 Å². The van der Waals surface area contributed by atoms with Crippen molar-refractivity contribution in [2.24, 2.45) is 28.2 Å². The number of alkyl halides is 3. The van der Waals surface area contributed by atoms with E-state index in [0.717, 1.165) is 85.2 Å². The van der Waals surface area contributed by atoms with Gasteiger partial charge in [-0.3, -0.25) is 38.4 Å². The molecule has 24 nitrogen and oxygen atoms in total. The zero-order valence-electron chi connectivity index (χ0n) is 57.9. The third-order valence-corrected chi connectivity index (χ3v) is 22.1. The van der Waals surface area contributed by atoms with Gasteiger partial charge in [-0.25, -0.2) is 23.5 Å². The number of allylic oxidation sites excluding steroid dienone is 1. The van der Waals surface area contributed by atoms with Crippen molar-refractivity contribution < 1.29 is 84.4 Å². The van der Waals surface area contributed by atoms with Crippen molar-refractivity contribution in [3.8, 4) is 39.3 Å². The Bertz CT molecular complexity index is 4180. The average Bonchev–Trinajstić information content (AvgIpc) is 1.59. The van der Waals surface area contributed by atoms with Crippen molar-refractivity contribution in [1.82, 2.24) is 40.4 Å². The molecule has 1 spiro atoms. The van der Waals surface area contributed by atoms with Crippen molar-refractivity contribution >= 4 is 60.8 Å². The Labute approximate surface area is 583 Å². The average molecular weight is 1420 g/mol. The number of alkyl carbamates (subject to hydrolysis) is 2. The molecule has 0 unspecified atom stereocenters. The SMILES string of the molecule is CC(C)OC(=O)[C@H](C)N[P@](=O)(OC[C@H]1O[C@@H](N2C=CC(=O)CC2=O)[C@](C)(F)[C@@H]1O)Oc1ccccc1.COC(=O)N[C@H](C(=O)N1CC2(CC2)C[C@H]1c1ncc(-c2ccc3c(c2)C(F)(F)c2cc(-c4ccc5c(c4)CC([C@@H]4[C@H]6CC[C@H](C6)N4C(=O)[C@@H](NC(=O)OC)C(C)C)=N5)ccc2-3)[nH]1)C(C)C. The van der Waals surface area contributed by atoms with Crippen LogP contribution in [-0.4, -0.2) is 165 Å². The molecule has 2 saturated carbocycles. The molecule has 101 heavy (non-hydrogen) atoms. The van der Waals surface area contributed by atoms with Gasteiger partial charge >= 0.3 is 25.9 Å². The summed E-state index contributed by atoms with van der Waals surface area (Å²) < 4.78 is 93.7. The molecule has 5 fully saturated rings. The molecule has 5 aromatic rings. The van der Waals surface area contributed by atoms with Crippen molar-refractivity contribution in [2.45, 2.75) is 179 Å². The number of likely N-dealkylation sites (tertiary alicyclic amines) is 2. The summed E-state index contributed by atoms with van der Waals surface area (Å²) in [5, 5.41) is 18.5. The second kappa shape index (κ2) is 28.2. The predicted molar refractivity (Wildman–Crippen MR) is 364 cm³/mol. The molecule has 8 aliphatic rings. The third kappa shape index (κ3) is 14.5. The monoisotopic (exact) mass is 1420 g/mol. The first-order valence-electron chi connectivity index (χ1n) is 34.2. The highest BCUT2D eigenvalue weighted by atomic mass is 31.2. The zero-order valence-corrected chi connectivity index (χ0v) is 58.8. The number of amides is 5. The molecule has 5 aliphatic heterocycles. The summed E-state index contributed by atoms with van der Waals surface area (Å²) in [7, 11) is -1.74. The quantitative estimate of drug-likeness (QED) is 0.0209. The number of rotatable bonds is 20. The number of benzene rings is 4. The molecule has 1 aromatic heterocycles. The molecule has 6 heterocycles. The second-order valence-electron chi connectivity index (χ2n) is 28.6. The van der Waals surface area contributed by atoms with E-state index >= 15 is 13.2 Å². The first-order valence-corrected chi connectivity index (χ1v) is 35.7. The Morgan fingerprint density at radius 1 is 0.812 bits per heavy atom. The number of piperidine rings is 1. The smallest absolute Gasteiger partial charge is 0.459 e. The van der Waals surface area contributed by atoms with Crippen LogP contribution >= 0.6 is 7.75 Å². The lowest BCUT2D eigenvalue weighted by Crippen LogP contribution is -2.57. The Kier molecular flexibility index (Phi) is 20.1. The van der Waals surface area contributed by atoms with Crippen LogP contribution in [0.3, 0.4) is 0 Å². The minimum absolute atomic E-state index is 0.0136. The molecule has 3 saturated heterocycles. The van der Waals surface area contributed by atoms with Gasteiger partial charge in [-0.15, -0.1) is 0 Å². The minimum Gasteiger partial charge on any atom is -0.462 e. The summed E-state index contributed by atoms with van der Waals surface area (Å²) in [6.45, 7) is 13.3. The Morgan fingerprint density at radius 2 is 1.45 bits per heavy atom. The molecule has 28 heteroatoms. The van der Waals surface area contributed by atoms with Crippen LogP contribution in [0.2, 0.25) is 0 Å². The van der Waals surface area contributed by atoms with Gasteiger partial charge in [0.1, 0.15) is 41.9 Å². The molecule has 538 valence electrons. The highest BCUT2D eigenvalue weighted by Gasteiger charge is 2.59. The van der Waals surface area contributed by atoms with Gasteiger partial charge in [0.15, 0.2) is 17.7 Å². The summed E-state index contributed by atoms with van der Waals surface area (Å²) in [4.78, 5) is 106. The molecule has 4 aromatic carbocycles. The third-order valence-electron chi connectivity index (χ3n) is 20.4. The first kappa shape index (κ1) is 72.1. The number of imidazole rings is 1. The number of ketones is 1. The summed E-state index contributed by atoms with van der Waals surface area (Å²) in [6, 6.07) is 21.2. The molecule has 13 rings (SSSR count). The maximum atomic E-state index is 16.7. The van der Waals surface area contributed by atoms with Gasteiger partial charge < -0.3 is 54.0 Å². The number of aromatic nitrogens is 2. The first-order chi connectivity index (χ1) is 47.9. The number of halogens is 3. The lowest BCUT2D eigenvalue weighted by atomic mass is 9.90. The van der Waals surface area contributed by atoms with Gasteiger partial charge in [0.05, 0.1) is 63.0 Å². The van der Waals surface area contributed by atoms with E-state index in [2.05, 4.69) is 20.7 Å². The minimum atomic E-state index is -4.29. The van der Waals surface area contributed by atoms with E-state index in [4.69, 9.17) is 38.0 Å². The standard InChI is InChI=1S/C50H55F2N7O6.C23H30FN2O9P/c1-25(2)41(56-47(62)64-5)45(60)58-24-49(15-16-49)22-40(58)44-53-23-39(55-44)29-9-13-34-33-12-8-28(19-35(33)50(51,52)36(34)20-29)27-10-14-37-31(17-27)21-38(54-37)43-30-7-11-32(18-30)59(43)46(61)42(26(3)4)57-48(63)65-6;1-14(2)33-21(30)15(3)25-36(31,35-17-8-6-5-7-9-17)32-13-18-20(29)23(4,24)22(34-18)26-11-10-16(27)12-19(26)28/h8-10,12-14,17,19-20,23,25-26,30,32,40-43H,7,11,15-16,18,21-22,24H2,1-6H3,(H,53,55)(H,56,62)(H,57,63);5-11,14-15,18,20,22,29H,12-13H2,1-4H3,(H,25,31)/t30-,32+,40-,41-,42-,43-;15-,18+,20+,22+,23+,36-/m00/s1. The number of aromatic amines is 1. The van der Waals surface area contributed by atoms with E-state index in [9.17, 15) is 43.2 Å². The number of hydrogen-bond acceptors (Lipinski definition) is 17. The number of aliphatic imine (C=N–C) groups is 1. The molecule has 5 N–H and O–H groups in total. The van der Waals surface area contributed by atoms with Gasteiger partial charge in [0.25, 0.3) is 5.92 Å². The fourth-order valence-electron chi connectivity index (χ4n) is 15.0. The summed E-state index contributed by atoms with van der Waals surface area (Å²) in [5.74, 6) is -4.73. The van der Waals surface area contributed by atoms with E-state index in [1.54, 1.807) is 61.3 Å². The molecule has 2 bridgehead atoms.